The van der Waals surface area contributed by atoms with Gasteiger partial charge in [0, 0.05) is 18.3 Å². The van der Waals surface area contributed by atoms with Crippen molar-refractivity contribution in [1.82, 2.24) is 10.2 Å². The van der Waals surface area contributed by atoms with Gasteiger partial charge in [0.05, 0.1) is 12.9 Å². The zero-order chi connectivity index (χ0) is 21.9. The lowest BCUT2D eigenvalue weighted by molar-refractivity contribution is -0.139. The monoisotopic (exact) mass is 428 g/mol. The number of carbonyl (C=O) groups excluding carboxylic acids is 2. The van der Waals surface area contributed by atoms with E-state index in [1.165, 1.54) is 5.56 Å². The maximum atomic E-state index is 13.2. The summed E-state index contributed by atoms with van der Waals surface area (Å²) in [5.74, 6) is 1.66. The fraction of sp³-hybridized carbons (Fsp3) is 0.417. The molecule has 0 radical (unpaired) electrons. The second-order valence-electron chi connectivity index (χ2n) is 7.44. The Morgan fingerprint density at radius 2 is 1.77 bits per heavy atom. The summed E-state index contributed by atoms with van der Waals surface area (Å²) in [4.78, 5) is 27.7. The van der Waals surface area contributed by atoms with Gasteiger partial charge >= 0.3 is 0 Å². The third-order valence-corrected chi connectivity index (χ3v) is 5.63. The summed E-state index contributed by atoms with van der Waals surface area (Å²) in [6.45, 7) is 6.16. The zero-order valence-electron chi connectivity index (χ0n) is 18.3. The number of hydrogen-bond donors (Lipinski definition) is 1. The van der Waals surface area contributed by atoms with Gasteiger partial charge in [0.25, 0.3) is 0 Å². The third kappa shape index (κ3) is 7.41. The third-order valence-electron chi connectivity index (χ3n) is 4.64. The maximum Gasteiger partial charge on any atom is 0.243 e. The minimum Gasteiger partial charge on any atom is -0.497 e. The van der Waals surface area contributed by atoms with E-state index in [1.54, 1.807) is 23.8 Å². The largest absolute Gasteiger partial charge is 0.497 e. The molecule has 30 heavy (non-hydrogen) atoms. The van der Waals surface area contributed by atoms with Crippen molar-refractivity contribution in [3.8, 4) is 5.75 Å². The summed E-state index contributed by atoms with van der Waals surface area (Å²) in [5.41, 5.74) is 2.12. The van der Waals surface area contributed by atoms with Gasteiger partial charge in [-0.1, -0.05) is 49.4 Å². The molecule has 162 valence electrons. The second-order valence-corrected chi connectivity index (χ2v) is 8.42. The van der Waals surface area contributed by atoms with Gasteiger partial charge in [0.15, 0.2) is 0 Å². The molecular formula is C24H32N2O3S. The number of amides is 2. The van der Waals surface area contributed by atoms with Gasteiger partial charge < -0.3 is 15.0 Å². The summed E-state index contributed by atoms with van der Waals surface area (Å²) in [6.07, 6.45) is 0.553. The van der Waals surface area contributed by atoms with E-state index in [9.17, 15) is 9.59 Å². The molecule has 0 saturated heterocycles. The minimum atomic E-state index is -0.511. The molecule has 0 saturated carbocycles. The lowest BCUT2D eigenvalue weighted by atomic mass is 10.1. The Balaban J connectivity index is 2.15. The van der Waals surface area contributed by atoms with Gasteiger partial charge in [-0.2, -0.15) is 0 Å². The molecule has 1 N–H and O–H groups in total. The van der Waals surface area contributed by atoms with Gasteiger partial charge in [-0.25, -0.2) is 0 Å². The fourth-order valence-corrected chi connectivity index (χ4v) is 4.05. The normalized spacial score (nSPS) is 11.8. The molecule has 0 aromatic heterocycles. The van der Waals surface area contributed by atoms with Crippen molar-refractivity contribution in [2.75, 3.05) is 12.9 Å². The molecule has 2 amide bonds. The van der Waals surface area contributed by atoms with Crippen LogP contribution in [0.3, 0.4) is 0 Å². The predicted octanol–water partition coefficient (Wildman–Crippen LogP) is 4.26. The highest BCUT2D eigenvalue weighted by molar-refractivity contribution is 7.99. The van der Waals surface area contributed by atoms with Crippen LogP contribution in [-0.4, -0.2) is 41.7 Å². The first-order valence-electron chi connectivity index (χ1n) is 10.3. The van der Waals surface area contributed by atoms with Crippen LogP contribution < -0.4 is 10.1 Å². The number of benzene rings is 2. The van der Waals surface area contributed by atoms with Crippen LogP contribution in [0.2, 0.25) is 0 Å². The highest BCUT2D eigenvalue weighted by atomic mass is 32.2. The lowest BCUT2D eigenvalue weighted by Gasteiger charge is -2.31. The molecule has 2 rings (SSSR count). The Hall–Kier alpha value is -2.47. The number of methoxy groups -OCH3 is 1. The fourth-order valence-electron chi connectivity index (χ4n) is 3.18. The van der Waals surface area contributed by atoms with E-state index in [0.29, 0.717) is 18.7 Å². The molecule has 0 fully saturated rings. The van der Waals surface area contributed by atoms with Crippen molar-refractivity contribution in [2.45, 2.75) is 51.6 Å². The Morgan fingerprint density at radius 3 is 2.40 bits per heavy atom. The molecule has 2 aromatic carbocycles. The topological polar surface area (TPSA) is 58.6 Å². The van der Waals surface area contributed by atoms with Gasteiger partial charge in [0.1, 0.15) is 11.8 Å². The Morgan fingerprint density at radius 1 is 1.07 bits per heavy atom. The van der Waals surface area contributed by atoms with E-state index in [1.807, 2.05) is 63.2 Å². The van der Waals surface area contributed by atoms with E-state index in [0.717, 1.165) is 17.1 Å². The van der Waals surface area contributed by atoms with Crippen molar-refractivity contribution in [2.24, 2.45) is 0 Å². The Bertz CT molecular complexity index is 811. The molecular weight excluding hydrogens is 396 g/mol. The SMILES string of the molecule is CC[C@@H](C(=O)NC(C)C)N(Cc1cccc(OC)c1)C(=O)CSCc1ccccc1. The van der Waals surface area contributed by atoms with E-state index in [4.69, 9.17) is 4.74 Å². The molecule has 0 aliphatic rings. The average molecular weight is 429 g/mol. The van der Waals surface area contributed by atoms with Gasteiger partial charge in [-0.15, -0.1) is 11.8 Å². The van der Waals surface area contributed by atoms with Gasteiger partial charge in [-0.05, 0) is 43.5 Å². The van der Waals surface area contributed by atoms with Crippen molar-refractivity contribution in [3.05, 3.63) is 65.7 Å². The van der Waals surface area contributed by atoms with Crippen LogP contribution in [0.4, 0.5) is 0 Å². The molecule has 0 aliphatic carbocycles. The molecule has 0 aliphatic heterocycles. The molecule has 6 heteroatoms. The number of ether oxygens (including phenoxy) is 1. The molecule has 5 nitrogen and oxygen atoms in total. The predicted molar refractivity (Wildman–Crippen MR) is 124 cm³/mol. The van der Waals surface area contributed by atoms with Crippen molar-refractivity contribution >= 4 is 23.6 Å². The van der Waals surface area contributed by atoms with Gasteiger partial charge in [0.2, 0.25) is 11.8 Å². The quantitative estimate of drug-likeness (QED) is 0.581. The summed E-state index contributed by atoms with van der Waals surface area (Å²) < 4.78 is 5.31. The summed E-state index contributed by atoms with van der Waals surface area (Å²) >= 11 is 1.57. The maximum absolute atomic E-state index is 13.2. The summed E-state index contributed by atoms with van der Waals surface area (Å²) in [6, 6.07) is 17.2. The van der Waals surface area contributed by atoms with E-state index in [-0.39, 0.29) is 17.9 Å². The molecule has 0 unspecified atom stereocenters. The van der Waals surface area contributed by atoms with Crippen molar-refractivity contribution in [1.29, 1.82) is 0 Å². The Labute approximate surface area is 184 Å². The van der Waals surface area contributed by atoms with Gasteiger partial charge in [-0.3, -0.25) is 9.59 Å². The van der Waals surface area contributed by atoms with E-state index < -0.39 is 6.04 Å². The van der Waals surface area contributed by atoms with E-state index in [2.05, 4.69) is 17.4 Å². The first-order chi connectivity index (χ1) is 14.4. The zero-order valence-corrected chi connectivity index (χ0v) is 19.1. The number of carbonyl (C=O) groups is 2. The standard InChI is InChI=1S/C24H32N2O3S/c1-5-22(24(28)25-18(2)3)26(15-20-12-9-13-21(14-20)29-4)23(27)17-30-16-19-10-7-6-8-11-19/h6-14,18,22H,5,15-17H2,1-4H3,(H,25,28)/t22-/m0/s1. The molecule has 1 atom stereocenters. The minimum absolute atomic E-state index is 0.0211. The van der Waals surface area contributed by atoms with Crippen LogP contribution in [0.15, 0.2) is 54.6 Å². The second kappa shape index (κ2) is 12.3. The van der Waals surface area contributed by atoms with E-state index >= 15 is 0 Å². The first-order valence-corrected chi connectivity index (χ1v) is 11.4. The van der Waals surface area contributed by atoms with Crippen molar-refractivity contribution < 1.29 is 14.3 Å². The molecule has 0 spiro atoms. The summed E-state index contributed by atoms with van der Waals surface area (Å²) in [7, 11) is 1.62. The smallest absolute Gasteiger partial charge is 0.243 e. The molecule has 0 bridgehead atoms. The molecule has 2 aromatic rings. The van der Waals surface area contributed by atoms with Crippen LogP contribution in [0.5, 0.6) is 5.75 Å². The number of rotatable bonds is 11. The summed E-state index contributed by atoms with van der Waals surface area (Å²) in [5, 5.41) is 2.96. The highest BCUT2D eigenvalue weighted by Gasteiger charge is 2.28. The highest BCUT2D eigenvalue weighted by Crippen LogP contribution is 2.19. The number of thioether (sulfide) groups is 1. The molecule has 0 heterocycles. The van der Waals surface area contributed by atoms with Crippen LogP contribution >= 0.6 is 11.8 Å². The number of hydrogen-bond acceptors (Lipinski definition) is 4. The van der Waals surface area contributed by atoms with Crippen LogP contribution in [0, 0.1) is 0 Å². The van der Waals surface area contributed by atoms with Crippen LogP contribution in [0.25, 0.3) is 0 Å². The van der Waals surface area contributed by atoms with Crippen LogP contribution in [0.1, 0.15) is 38.3 Å². The van der Waals surface area contributed by atoms with Crippen molar-refractivity contribution in [3.63, 3.8) is 0 Å². The average Bonchev–Trinajstić information content (AvgIpc) is 2.74. The Kier molecular flexibility index (Phi) is 9.74. The lowest BCUT2D eigenvalue weighted by Crippen LogP contribution is -2.50. The number of nitrogens with one attached hydrogen (secondary N) is 1. The first kappa shape index (κ1) is 23.8. The van der Waals surface area contributed by atoms with Crippen LogP contribution in [-0.2, 0) is 21.9 Å². The number of nitrogens with zero attached hydrogens (tertiary/aromatic N) is 1.